The number of methoxy groups -OCH3 is 1. The van der Waals surface area contributed by atoms with Gasteiger partial charge in [0.15, 0.2) is 6.61 Å². The lowest BCUT2D eigenvalue weighted by molar-refractivity contribution is -0.159. The zero-order valence-electron chi connectivity index (χ0n) is 9.82. The van der Waals surface area contributed by atoms with Crippen LogP contribution in [0.2, 0.25) is 0 Å². The van der Waals surface area contributed by atoms with Crippen LogP contribution in [0.4, 0.5) is 23.7 Å². The van der Waals surface area contributed by atoms with Gasteiger partial charge in [0.05, 0.1) is 7.11 Å². The highest BCUT2D eigenvalue weighted by molar-refractivity contribution is 5.87. The molecule has 0 N–H and O–H groups in total. The van der Waals surface area contributed by atoms with Gasteiger partial charge in [0.2, 0.25) is 0 Å². The lowest BCUT2D eigenvalue weighted by Gasteiger charge is -2.17. The molecule has 0 saturated heterocycles. The van der Waals surface area contributed by atoms with Crippen LogP contribution in [-0.4, -0.2) is 33.0 Å². The Labute approximate surface area is 102 Å². The first kappa shape index (κ1) is 14.1. The van der Waals surface area contributed by atoms with E-state index in [0.717, 1.165) is 4.90 Å². The summed E-state index contributed by atoms with van der Waals surface area (Å²) in [4.78, 5) is 12.3. The third-order valence-electron chi connectivity index (χ3n) is 2.09. The summed E-state index contributed by atoms with van der Waals surface area (Å²) in [5.41, 5.74) is 0.406. The maximum absolute atomic E-state index is 11.9. The smallest absolute Gasteiger partial charge is 0.422 e. The van der Waals surface area contributed by atoms with Gasteiger partial charge in [-0.15, -0.1) is 0 Å². The van der Waals surface area contributed by atoms with E-state index in [0.29, 0.717) is 11.4 Å². The van der Waals surface area contributed by atoms with Crippen molar-refractivity contribution in [1.82, 2.24) is 0 Å². The van der Waals surface area contributed by atoms with Crippen LogP contribution in [0.5, 0.6) is 5.75 Å². The molecule has 0 saturated carbocycles. The topological polar surface area (TPSA) is 38.8 Å². The zero-order chi connectivity index (χ0) is 13.8. The molecule has 1 aromatic carbocycles. The highest BCUT2D eigenvalue weighted by Crippen LogP contribution is 2.20. The molecule has 100 valence electrons. The maximum atomic E-state index is 11.9. The molecular formula is C11H12F3NO3. The molecule has 0 unspecified atom stereocenters. The van der Waals surface area contributed by atoms with E-state index in [4.69, 9.17) is 4.74 Å². The molecule has 0 heterocycles. The van der Waals surface area contributed by atoms with E-state index < -0.39 is 18.9 Å². The van der Waals surface area contributed by atoms with Gasteiger partial charge in [0.25, 0.3) is 0 Å². The van der Waals surface area contributed by atoms with Crippen molar-refractivity contribution in [1.29, 1.82) is 0 Å². The van der Waals surface area contributed by atoms with Gasteiger partial charge in [-0.25, -0.2) is 4.79 Å². The van der Waals surface area contributed by atoms with Crippen LogP contribution in [0.3, 0.4) is 0 Å². The minimum Gasteiger partial charge on any atom is -0.497 e. The number of anilines is 1. The highest BCUT2D eigenvalue weighted by Gasteiger charge is 2.30. The van der Waals surface area contributed by atoms with Gasteiger partial charge in [-0.2, -0.15) is 13.2 Å². The standard InChI is InChI=1S/C11H12F3NO3/c1-15(10(16)18-7-11(12,13)14)8-3-5-9(17-2)6-4-8/h3-6H,7H2,1-2H3. The summed E-state index contributed by atoms with van der Waals surface area (Å²) in [6.45, 7) is -1.60. The van der Waals surface area contributed by atoms with E-state index in [9.17, 15) is 18.0 Å². The predicted octanol–water partition coefficient (Wildman–Crippen LogP) is 2.83. The molecule has 1 aromatic rings. The first-order chi connectivity index (χ1) is 8.33. The minimum absolute atomic E-state index is 0.406. The van der Waals surface area contributed by atoms with Gasteiger partial charge >= 0.3 is 12.3 Å². The van der Waals surface area contributed by atoms with Gasteiger partial charge in [0.1, 0.15) is 5.75 Å². The summed E-state index contributed by atoms with van der Waals surface area (Å²) in [7, 11) is 2.80. The third kappa shape index (κ3) is 4.15. The van der Waals surface area contributed by atoms with Gasteiger partial charge in [-0.05, 0) is 24.3 Å². The average molecular weight is 263 g/mol. The monoisotopic (exact) mass is 263 g/mol. The quantitative estimate of drug-likeness (QED) is 0.841. The fourth-order valence-electron chi connectivity index (χ4n) is 1.15. The van der Waals surface area contributed by atoms with Gasteiger partial charge < -0.3 is 9.47 Å². The number of ether oxygens (including phenoxy) is 2. The first-order valence-electron chi connectivity index (χ1n) is 4.95. The van der Waals surface area contributed by atoms with E-state index in [1.165, 1.54) is 26.3 Å². The summed E-state index contributed by atoms with van der Waals surface area (Å²) < 4.78 is 44.6. The summed E-state index contributed by atoms with van der Waals surface area (Å²) in [6, 6.07) is 6.24. The Hall–Kier alpha value is -1.92. The number of nitrogens with zero attached hydrogens (tertiary/aromatic N) is 1. The van der Waals surface area contributed by atoms with Crippen LogP contribution in [0.25, 0.3) is 0 Å². The number of rotatable bonds is 3. The van der Waals surface area contributed by atoms with Gasteiger partial charge in [-0.3, -0.25) is 4.90 Å². The van der Waals surface area contributed by atoms with E-state index in [-0.39, 0.29) is 0 Å². The molecule has 0 aromatic heterocycles. The van der Waals surface area contributed by atoms with Gasteiger partial charge in [0, 0.05) is 12.7 Å². The molecule has 0 aliphatic heterocycles. The lowest BCUT2D eigenvalue weighted by atomic mass is 10.3. The number of hydrogen-bond donors (Lipinski definition) is 0. The Morgan fingerprint density at radius 2 is 1.83 bits per heavy atom. The Morgan fingerprint density at radius 3 is 2.28 bits per heavy atom. The molecule has 0 bridgehead atoms. The van der Waals surface area contributed by atoms with Crippen molar-refractivity contribution in [2.75, 3.05) is 25.7 Å². The summed E-state index contributed by atoms with van der Waals surface area (Å²) in [5.74, 6) is 0.579. The maximum Gasteiger partial charge on any atom is 0.422 e. The molecular weight excluding hydrogens is 251 g/mol. The van der Waals surface area contributed by atoms with Crippen LogP contribution in [0.15, 0.2) is 24.3 Å². The van der Waals surface area contributed by atoms with Crippen molar-refractivity contribution in [3.63, 3.8) is 0 Å². The fourth-order valence-corrected chi connectivity index (χ4v) is 1.15. The van der Waals surface area contributed by atoms with Crippen LogP contribution < -0.4 is 9.64 Å². The largest absolute Gasteiger partial charge is 0.497 e. The van der Waals surface area contributed by atoms with E-state index in [2.05, 4.69) is 4.74 Å². The molecule has 7 heteroatoms. The van der Waals surface area contributed by atoms with Crippen molar-refractivity contribution in [2.45, 2.75) is 6.18 Å². The number of hydrogen-bond acceptors (Lipinski definition) is 3. The van der Waals surface area contributed by atoms with E-state index in [1.807, 2.05) is 0 Å². The van der Waals surface area contributed by atoms with Crippen molar-refractivity contribution in [3.05, 3.63) is 24.3 Å². The van der Waals surface area contributed by atoms with Crippen LogP contribution in [-0.2, 0) is 4.74 Å². The second-order valence-electron chi connectivity index (χ2n) is 3.43. The molecule has 0 aliphatic carbocycles. The Kier molecular flexibility index (Phi) is 4.41. The number of carbonyl (C=O) groups is 1. The summed E-state index contributed by atoms with van der Waals surface area (Å²) in [6.07, 6.45) is -5.60. The molecule has 1 amide bonds. The van der Waals surface area contributed by atoms with E-state index >= 15 is 0 Å². The second kappa shape index (κ2) is 5.61. The van der Waals surface area contributed by atoms with Crippen molar-refractivity contribution in [2.24, 2.45) is 0 Å². The summed E-state index contributed by atoms with van der Waals surface area (Å²) >= 11 is 0. The normalized spacial score (nSPS) is 10.9. The molecule has 0 aliphatic rings. The molecule has 0 atom stereocenters. The SMILES string of the molecule is COc1ccc(N(C)C(=O)OCC(F)(F)F)cc1. The molecule has 4 nitrogen and oxygen atoms in total. The van der Waals surface area contributed by atoms with Crippen molar-refractivity contribution >= 4 is 11.8 Å². The second-order valence-corrected chi connectivity index (χ2v) is 3.43. The summed E-state index contributed by atoms with van der Waals surface area (Å²) in [5, 5.41) is 0. The Balaban J connectivity index is 2.62. The Morgan fingerprint density at radius 1 is 1.28 bits per heavy atom. The predicted molar refractivity (Wildman–Crippen MR) is 58.8 cm³/mol. The number of benzene rings is 1. The molecule has 18 heavy (non-hydrogen) atoms. The van der Waals surface area contributed by atoms with Crippen molar-refractivity contribution in [3.8, 4) is 5.75 Å². The Bertz CT molecular complexity index is 403. The molecule has 0 spiro atoms. The van der Waals surface area contributed by atoms with Crippen LogP contribution in [0.1, 0.15) is 0 Å². The highest BCUT2D eigenvalue weighted by atomic mass is 19.4. The first-order valence-corrected chi connectivity index (χ1v) is 4.95. The minimum atomic E-state index is -4.53. The molecule has 0 fully saturated rings. The number of amides is 1. The third-order valence-corrected chi connectivity index (χ3v) is 2.09. The van der Waals surface area contributed by atoms with Crippen molar-refractivity contribution < 1.29 is 27.4 Å². The number of carbonyl (C=O) groups excluding carboxylic acids is 1. The molecule has 0 radical (unpaired) electrons. The average Bonchev–Trinajstić information content (AvgIpc) is 2.34. The van der Waals surface area contributed by atoms with Crippen LogP contribution >= 0.6 is 0 Å². The molecule has 1 rings (SSSR count). The lowest BCUT2D eigenvalue weighted by Crippen LogP contribution is -2.30. The van der Waals surface area contributed by atoms with Gasteiger partial charge in [-0.1, -0.05) is 0 Å². The van der Waals surface area contributed by atoms with E-state index in [1.54, 1.807) is 12.1 Å². The number of halogens is 3. The van der Waals surface area contributed by atoms with Crippen LogP contribution in [0, 0.1) is 0 Å². The fraction of sp³-hybridized carbons (Fsp3) is 0.364. The number of alkyl halides is 3. The zero-order valence-corrected chi connectivity index (χ0v) is 9.82.